The van der Waals surface area contributed by atoms with Crippen LogP contribution in [0.4, 0.5) is 8.78 Å². The summed E-state index contributed by atoms with van der Waals surface area (Å²) < 4.78 is 28.6. The Balaban J connectivity index is 2.82. The number of hydrogen-bond donors (Lipinski definition) is 0. The van der Waals surface area contributed by atoms with Crippen LogP contribution in [0.25, 0.3) is 0 Å². The average Bonchev–Trinajstić information content (AvgIpc) is 2.33. The van der Waals surface area contributed by atoms with Gasteiger partial charge in [0.2, 0.25) is 0 Å². The van der Waals surface area contributed by atoms with Crippen molar-refractivity contribution >= 4 is 0 Å². The summed E-state index contributed by atoms with van der Waals surface area (Å²) in [6, 6.07) is 0. The van der Waals surface area contributed by atoms with Crippen molar-refractivity contribution in [3.63, 3.8) is 0 Å². The predicted octanol–water partition coefficient (Wildman–Crippen LogP) is 2.74. The molecule has 0 bridgehead atoms. The molecule has 1 rings (SSSR count). The van der Waals surface area contributed by atoms with Crippen molar-refractivity contribution in [1.29, 1.82) is 0 Å². The maximum absolute atomic E-state index is 11.9. The number of rotatable bonds is 2. The molecule has 1 heterocycles. The van der Waals surface area contributed by atoms with Crippen molar-refractivity contribution in [2.24, 2.45) is 0 Å². The summed E-state index contributed by atoms with van der Waals surface area (Å²) in [6.07, 6.45) is -1.49. The van der Waals surface area contributed by atoms with Crippen LogP contribution in [-0.4, -0.2) is 4.98 Å². The first kappa shape index (κ1) is 8.17. The van der Waals surface area contributed by atoms with Crippen LogP contribution in [0.3, 0.4) is 0 Å². The molecule has 4 heteroatoms. The lowest BCUT2D eigenvalue weighted by molar-refractivity contribution is 0.119. The number of nitrogens with zero attached hydrogens (tertiary/aromatic N) is 1. The molecule has 2 nitrogen and oxygen atoms in total. The molecule has 0 aliphatic carbocycles. The lowest BCUT2D eigenvalue weighted by atomic mass is 10.2. The lowest BCUT2D eigenvalue weighted by Gasteiger charge is -1.95. The molecule has 0 N–H and O–H groups in total. The smallest absolute Gasteiger partial charge is 0.297 e. The third-order valence-corrected chi connectivity index (χ3v) is 1.25. The van der Waals surface area contributed by atoms with Gasteiger partial charge in [0, 0.05) is 5.92 Å². The van der Waals surface area contributed by atoms with Gasteiger partial charge in [0.15, 0.2) is 11.7 Å². The molecule has 1 aromatic heterocycles. The summed E-state index contributed by atoms with van der Waals surface area (Å²) in [7, 11) is 0. The Morgan fingerprint density at radius 3 is 2.36 bits per heavy atom. The Labute approximate surface area is 63.2 Å². The molecule has 0 saturated carbocycles. The molecule has 0 amide bonds. The van der Waals surface area contributed by atoms with Crippen molar-refractivity contribution in [2.75, 3.05) is 0 Å². The average molecular weight is 161 g/mol. The van der Waals surface area contributed by atoms with E-state index in [1.165, 1.54) is 0 Å². The largest absolute Gasteiger partial charge is 0.439 e. The number of aromatic nitrogens is 1. The summed E-state index contributed by atoms with van der Waals surface area (Å²) in [5.74, 6) is 0.0662. The molecule has 11 heavy (non-hydrogen) atoms. The molecule has 0 atom stereocenters. The van der Waals surface area contributed by atoms with E-state index in [0.717, 1.165) is 6.20 Å². The van der Waals surface area contributed by atoms with E-state index in [2.05, 4.69) is 4.98 Å². The van der Waals surface area contributed by atoms with E-state index in [4.69, 9.17) is 4.42 Å². The second-order valence-electron chi connectivity index (χ2n) is 2.56. The van der Waals surface area contributed by atoms with Gasteiger partial charge in [0.1, 0.15) is 0 Å². The fraction of sp³-hybridized carbons (Fsp3) is 0.571. The molecule has 1 aromatic rings. The van der Waals surface area contributed by atoms with Gasteiger partial charge in [-0.1, -0.05) is 13.8 Å². The minimum absolute atomic E-state index is 0.0579. The van der Waals surface area contributed by atoms with E-state index in [1.54, 1.807) is 0 Å². The van der Waals surface area contributed by atoms with E-state index < -0.39 is 6.43 Å². The van der Waals surface area contributed by atoms with Crippen LogP contribution in [0.15, 0.2) is 10.6 Å². The van der Waals surface area contributed by atoms with Gasteiger partial charge in [0.05, 0.1) is 6.20 Å². The zero-order chi connectivity index (χ0) is 8.43. The van der Waals surface area contributed by atoms with Crippen molar-refractivity contribution < 1.29 is 13.2 Å². The van der Waals surface area contributed by atoms with Crippen molar-refractivity contribution in [3.8, 4) is 0 Å². The van der Waals surface area contributed by atoms with Gasteiger partial charge >= 0.3 is 0 Å². The van der Waals surface area contributed by atoms with Crippen LogP contribution in [0.2, 0.25) is 0 Å². The van der Waals surface area contributed by atoms with Gasteiger partial charge < -0.3 is 4.42 Å². The van der Waals surface area contributed by atoms with Crippen LogP contribution >= 0.6 is 0 Å². The SMILES string of the molecule is CC(C)c1ncc(C(F)F)o1. The number of halogens is 2. The molecule has 0 spiro atoms. The first-order valence-corrected chi connectivity index (χ1v) is 3.35. The highest BCUT2D eigenvalue weighted by atomic mass is 19.3. The van der Waals surface area contributed by atoms with Crippen molar-refractivity contribution in [3.05, 3.63) is 17.8 Å². The molecule has 0 aromatic carbocycles. The predicted molar refractivity (Wildman–Crippen MR) is 35.5 cm³/mol. The molecule has 0 fully saturated rings. The van der Waals surface area contributed by atoms with Gasteiger partial charge in [-0.25, -0.2) is 13.8 Å². The topological polar surface area (TPSA) is 26.0 Å². The quantitative estimate of drug-likeness (QED) is 0.666. The summed E-state index contributed by atoms with van der Waals surface area (Å²) in [5, 5.41) is 0. The van der Waals surface area contributed by atoms with Crippen LogP contribution in [0.1, 0.15) is 37.8 Å². The third kappa shape index (κ3) is 1.76. The summed E-state index contributed by atoms with van der Waals surface area (Å²) in [6.45, 7) is 3.67. The number of hydrogen-bond acceptors (Lipinski definition) is 2. The first-order valence-electron chi connectivity index (χ1n) is 3.35. The standard InChI is InChI=1S/C7H9F2NO/c1-4(2)7-10-3-5(11-7)6(8)9/h3-4,6H,1-2H3. The van der Waals surface area contributed by atoms with Crippen molar-refractivity contribution in [2.45, 2.75) is 26.2 Å². The molecule has 0 aliphatic heterocycles. The lowest BCUT2D eigenvalue weighted by Crippen LogP contribution is -1.84. The Morgan fingerprint density at radius 2 is 2.09 bits per heavy atom. The zero-order valence-electron chi connectivity index (χ0n) is 6.34. The Kier molecular flexibility index (Phi) is 2.22. The molecule has 0 aliphatic rings. The van der Waals surface area contributed by atoms with Gasteiger partial charge in [-0.2, -0.15) is 0 Å². The monoisotopic (exact) mass is 161 g/mol. The summed E-state index contributed by atoms with van der Waals surface area (Å²) in [4.78, 5) is 3.69. The molecular weight excluding hydrogens is 152 g/mol. The van der Waals surface area contributed by atoms with Gasteiger partial charge in [-0.05, 0) is 0 Å². The van der Waals surface area contributed by atoms with Crippen molar-refractivity contribution in [1.82, 2.24) is 4.98 Å². The Bertz CT molecular complexity index is 210. The second-order valence-corrected chi connectivity index (χ2v) is 2.56. The van der Waals surface area contributed by atoms with E-state index >= 15 is 0 Å². The minimum Gasteiger partial charge on any atom is -0.439 e. The molecule has 0 unspecified atom stereocenters. The highest BCUT2D eigenvalue weighted by molar-refractivity contribution is 4.97. The fourth-order valence-electron chi connectivity index (χ4n) is 0.669. The molecular formula is C7H9F2NO. The highest BCUT2D eigenvalue weighted by Gasteiger charge is 2.14. The molecule has 0 saturated heterocycles. The molecule has 0 radical (unpaired) electrons. The number of alkyl halides is 2. The first-order chi connectivity index (χ1) is 5.11. The van der Waals surface area contributed by atoms with Crippen LogP contribution in [0.5, 0.6) is 0 Å². The second kappa shape index (κ2) is 2.98. The van der Waals surface area contributed by atoms with E-state index in [9.17, 15) is 8.78 Å². The van der Waals surface area contributed by atoms with E-state index in [-0.39, 0.29) is 11.7 Å². The van der Waals surface area contributed by atoms with E-state index in [0.29, 0.717) is 5.89 Å². The van der Waals surface area contributed by atoms with Crippen LogP contribution in [0, 0.1) is 0 Å². The van der Waals surface area contributed by atoms with Crippen LogP contribution < -0.4 is 0 Å². The third-order valence-electron chi connectivity index (χ3n) is 1.25. The Hall–Kier alpha value is -0.930. The number of oxazole rings is 1. The Morgan fingerprint density at radius 1 is 1.45 bits per heavy atom. The maximum atomic E-state index is 11.9. The highest BCUT2D eigenvalue weighted by Crippen LogP contribution is 2.22. The summed E-state index contributed by atoms with van der Waals surface area (Å²) >= 11 is 0. The van der Waals surface area contributed by atoms with Gasteiger partial charge in [-0.15, -0.1) is 0 Å². The van der Waals surface area contributed by atoms with Gasteiger partial charge in [-0.3, -0.25) is 0 Å². The fourth-order valence-corrected chi connectivity index (χ4v) is 0.669. The van der Waals surface area contributed by atoms with Crippen LogP contribution in [-0.2, 0) is 0 Å². The zero-order valence-corrected chi connectivity index (χ0v) is 6.34. The summed E-state index contributed by atoms with van der Waals surface area (Å²) in [5.41, 5.74) is 0. The normalized spacial score (nSPS) is 11.5. The van der Waals surface area contributed by atoms with E-state index in [1.807, 2.05) is 13.8 Å². The minimum atomic E-state index is -2.56. The maximum Gasteiger partial charge on any atom is 0.297 e. The van der Waals surface area contributed by atoms with Gasteiger partial charge in [0.25, 0.3) is 6.43 Å². The molecule has 62 valence electrons.